The number of benzene rings is 1. The fraction of sp³-hybridized carbons (Fsp3) is 0.391. The van der Waals surface area contributed by atoms with Crippen molar-refractivity contribution in [2.24, 2.45) is 11.8 Å². The maximum Gasteiger partial charge on any atom is 0.155 e. The van der Waals surface area contributed by atoms with Crippen LogP contribution in [0.1, 0.15) is 24.6 Å². The zero-order valence-electron chi connectivity index (χ0n) is 17.2. The molecule has 0 spiro atoms. The molecule has 1 saturated heterocycles. The molecule has 2 fully saturated rings. The molecule has 0 amide bonds. The zero-order valence-corrected chi connectivity index (χ0v) is 17.2. The largest absolute Gasteiger partial charge is 0.391 e. The number of hydrogen-bond donors (Lipinski definition) is 1. The van der Waals surface area contributed by atoms with Crippen LogP contribution < -0.4 is 0 Å². The van der Waals surface area contributed by atoms with Gasteiger partial charge >= 0.3 is 0 Å². The van der Waals surface area contributed by atoms with Gasteiger partial charge in [0.15, 0.2) is 5.65 Å². The SMILES string of the molecule is O[C@@H]1C[C@H]2CN(Cc3cccc4ncnn34)C[C@H]2C[C@H]1n1cc(-c2ccccc2)nn1. The van der Waals surface area contributed by atoms with E-state index in [2.05, 4.69) is 31.4 Å². The van der Waals surface area contributed by atoms with Crippen molar-refractivity contribution >= 4 is 5.65 Å². The summed E-state index contributed by atoms with van der Waals surface area (Å²) in [5.74, 6) is 1.06. The summed E-state index contributed by atoms with van der Waals surface area (Å²) >= 11 is 0. The van der Waals surface area contributed by atoms with Crippen LogP contribution in [0.2, 0.25) is 0 Å². The number of nitrogens with zero attached hydrogens (tertiary/aromatic N) is 7. The third-order valence-electron chi connectivity index (χ3n) is 6.87. The summed E-state index contributed by atoms with van der Waals surface area (Å²) in [6.45, 7) is 2.88. The molecule has 1 saturated carbocycles. The van der Waals surface area contributed by atoms with Gasteiger partial charge in [0.1, 0.15) is 12.0 Å². The summed E-state index contributed by atoms with van der Waals surface area (Å²) in [7, 11) is 0. The lowest BCUT2D eigenvalue weighted by molar-refractivity contribution is 0.0298. The fourth-order valence-corrected chi connectivity index (χ4v) is 5.35. The van der Waals surface area contributed by atoms with Crippen molar-refractivity contribution in [3.63, 3.8) is 0 Å². The Morgan fingerprint density at radius 3 is 2.68 bits per heavy atom. The minimum atomic E-state index is -0.398. The van der Waals surface area contributed by atoms with Gasteiger partial charge in [-0.2, -0.15) is 5.10 Å². The van der Waals surface area contributed by atoms with Crippen molar-refractivity contribution in [3.8, 4) is 11.3 Å². The molecule has 1 aromatic carbocycles. The van der Waals surface area contributed by atoms with E-state index in [1.165, 1.54) is 0 Å². The minimum Gasteiger partial charge on any atom is -0.391 e. The second-order valence-electron chi connectivity index (χ2n) is 8.82. The van der Waals surface area contributed by atoms with Crippen LogP contribution in [0.4, 0.5) is 0 Å². The summed E-state index contributed by atoms with van der Waals surface area (Å²) in [4.78, 5) is 6.77. The molecule has 8 heteroatoms. The highest BCUT2D eigenvalue weighted by Crippen LogP contribution is 2.41. The van der Waals surface area contributed by atoms with E-state index in [0.717, 1.165) is 55.1 Å². The molecule has 31 heavy (non-hydrogen) atoms. The number of rotatable bonds is 4. The Morgan fingerprint density at radius 1 is 0.968 bits per heavy atom. The van der Waals surface area contributed by atoms with Crippen molar-refractivity contribution in [2.45, 2.75) is 31.5 Å². The van der Waals surface area contributed by atoms with Gasteiger partial charge < -0.3 is 5.11 Å². The van der Waals surface area contributed by atoms with Crippen LogP contribution in [-0.4, -0.2) is 58.8 Å². The van der Waals surface area contributed by atoms with E-state index in [-0.39, 0.29) is 6.04 Å². The van der Waals surface area contributed by atoms with E-state index in [0.29, 0.717) is 11.8 Å². The van der Waals surface area contributed by atoms with Gasteiger partial charge in [0.05, 0.1) is 24.0 Å². The average Bonchev–Trinajstić information content (AvgIpc) is 3.53. The molecule has 4 atom stereocenters. The predicted octanol–water partition coefficient (Wildman–Crippen LogP) is 2.43. The summed E-state index contributed by atoms with van der Waals surface area (Å²) in [6, 6.07) is 16.2. The van der Waals surface area contributed by atoms with Crippen LogP contribution in [-0.2, 0) is 6.54 Å². The number of fused-ring (bicyclic) bond motifs is 2. The van der Waals surface area contributed by atoms with Crippen LogP contribution in [0, 0.1) is 11.8 Å². The topological polar surface area (TPSA) is 84.4 Å². The smallest absolute Gasteiger partial charge is 0.155 e. The quantitative estimate of drug-likeness (QED) is 0.551. The predicted molar refractivity (Wildman–Crippen MR) is 115 cm³/mol. The van der Waals surface area contributed by atoms with E-state index in [1.54, 1.807) is 6.33 Å². The molecular formula is C23H25N7O. The molecule has 1 aliphatic heterocycles. The molecule has 3 aromatic heterocycles. The third-order valence-corrected chi connectivity index (χ3v) is 6.87. The van der Waals surface area contributed by atoms with Crippen LogP contribution in [0.5, 0.6) is 0 Å². The van der Waals surface area contributed by atoms with Crippen LogP contribution in [0.25, 0.3) is 16.9 Å². The Labute approximate surface area is 180 Å². The van der Waals surface area contributed by atoms with Crippen LogP contribution in [0.15, 0.2) is 61.1 Å². The van der Waals surface area contributed by atoms with Gasteiger partial charge in [0.25, 0.3) is 0 Å². The van der Waals surface area contributed by atoms with Gasteiger partial charge in [-0.25, -0.2) is 14.2 Å². The fourth-order valence-electron chi connectivity index (χ4n) is 5.35. The highest BCUT2D eigenvalue weighted by atomic mass is 16.3. The molecule has 158 valence electrons. The van der Waals surface area contributed by atoms with E-state index in [4.69, 9.17) is 0 Å². The van der Waals surface area contributed by atoms with Crippen molar-refractivity contribution in [1.29, 1.82) is 0 Å². The van der Waals surface area contributed by atoms with Gasteiger partial charge in [-0.1, -0.05) is 41.6 Å². The number of aliphatic hydroxyl groups excluding tert-OH is 1. The van der Waals surface area contributed by atoms with E-state index in [9.17, 15) is 5.11 Å². The molecule has 0 bridgehead atoms. The zero-order chi connectivity index (χ0) is 20.8. The molecule has 8 nitrogen and oxygen atoms in total. The second kappa shape index (κ2) is 7.55. The number of aliphatic hydroxyl groups is 1. The average molecular weight is 416 g/mol. The minimum absolute atomic E-state index is 0.0232. The van der Waals surface area contributed by atoms with E-state index in [1.807, 2.05) is 57.9 Å². The Kier molecular flexibility index (Phi) is 4.54. The van der Waals surface area contributed by atoms with Crippen molar-refractivity contribution < 1.29 is 5.11 Å². The van der Waals surface area contributed by atoms with Crippen molar-refractivity contribution in [3.05, 3.63) is 66.7 Å². The number of pyridine rings is 1. The van der Waals surface area contributed by atoms with E-state index >= 15 is 0 Å². The maximum absolute atomic E-state index is 10.9. The molecule has 0 unspecified atom stereocenters. The molecule has 6 rings (SSSR count). The van der Waals surface area contributed by atoms with Gasteiger partial charge in [-0.05, 0) is 36.8 Å². The van der Waals surface area contributed by atoms with Gasteiger partial charge in [0, 0.05) is 25.2 Å². The normalized spacial score (nSPS) is 26.4. The third kappa shape index (κ3) is 3.41. The first-order valence-corrected chi connectivity index (χ1v) is 10.9. The van der Waals surface area contributed by atoms with Crippen molar-refractivity contribution in [2.75, 3.05) is 13.1 Å². The summed E-state index contributed by atoms with van der Waals surface area (Å²) < 4.78 is 3.79. The monoisotopic (exact) mass is 415 g/mol. The molecule has 4 aromatic rings. The Morgan fingerprint density at radius 2 is 1.81 bits per heavy atom. The lowest BCUT2D eigenvalue weighted by Gasteiger charge is -2.35. The highest BCUT2D eigenvalue weighted by molar-refractivity contribution is 5.57. The van der Waals surface area contributed by atoms with E-state index < -0.39 is 6.10 Å². The number of aromatic nitrogens is 6. The van der Waals surface area contributed by atoms with Gasteiger partial charge in [-0.3, -0.25) is 4.90 Å². The number of likely N-dealkylation sites (tertiary alicyclic amines) is 1. The molecule has 0 radical (unpaired) electrons. The Balaban J connectivity index is 1.17. The Hall–Kier alpha value is -3.10. The highest BCUT2D eigenvalue weighted by Gasteiger charge is 2.42. The second-order valence-corrected chi connectivity index (χ2v) is 8.82. The van der Waals surface area contributed by atoms with Gasteiger partial charge in [-0.15, -0.1) is 5.10 Å². The first kappa shape index (κ1) is 18.7. The summed E-state index contributed by atoms with van der Waals surface area (Å²) in [6.07, 6.45) is 4.91. The molecule has 1 aliphatic carbocycles. The first-order chi connectivity index (χ1) is 15.2. The molecule has 1 N–H and O–H groups in total. The number of hydrogen-bond acceptors (Lipinski definition) is 6. The molecular weight excluding hydrogens is 390 g/mol. The lowest BCUT2D eigenvalue weighted by atomic mass is 9.77. The maximum atomic E-state index is 10.9. The Bertz CT molecular complexity index is 1190. The summed E-state index contributed by atoms with van der Waals surface area (Å²) in [5.41, 5.74) is 3.93. The summed E-state index contributed by atoms with van der Waals surface area (Å²) in [5, 5.41) is 24.0. The lowest BCUT2D eigenvalue weighted by Crippen LogP contribution is -2.36. The van der Waals surface area contributed by atoms with Crippen LogP contribution in [0.3, 0.4) is 0 Å². The first-order valence-electron chi connectivity index (χ1n) is 10.9. The standard InChI is InChI=1S/C23H25N7O/c31-22-10-18-12-28(13-19-7-4-8-23-24-15-25-30(19)23)11-17(18)9-21(22)29-14-20(26-27-29)16-5-2-1-3-6-16/h1-8,14-15,17-18,21-22,31H,9-13H2/t17-,18+,21-,22-/m1/s1. The van der Waals surface area contributed by atoms with Crippen LogP contribution >= 0.6 is 0 Å². The van der Waals surface area contributed by atoms with Crippen molar-refractivity contribution in [1.82, 2.24) is 34.5 Å². The molecule has 2 aliphatic rings. The molecule has 4 heterocycles. The van der Waals surface area contributed by atoms with Gasteiger partial charge in [0.2, 0.25) is 0 Å².